The number of nitrogens with one attached hydrogen (secondary N) is 1. The predicted molar refractivity (Wildman–Crippen MR) is 140 cm³/mol. The molecule has 2 aliphatic heterocycles. The molecule has 39 heavy (non-hydrogen) atoms. The Morgan fingerprint density at radius 2 is 2.10 bits per heavy atom. The SMILES string of the molecule is C#Cc1c(F)ccc2cc(O)cc(-c3[nH]c(=O)c4c(N)nc(OC[C@@]56CCC[N+]5(C)C[C@H](F)C6)nc4c3F)c12. The number of benzene rings is 2. The van der Waals surface area contributed by atoms with Gasteiger partial charge in [0.15, 0.2) is 12.0 Å². The smallest absolute Gasteiger partial charge is 0.319 e. The maximum absolute atomic E-state index is 16.1. The molecule has 3 atom stereocenters. The summed E-state index contributed by atoms with van der Waals surface area (Å²) in [5.41, 5.74) is 3.81. The van der Waals surface area contributed by atoms with Gasteiger partial charge in [-0.15, -0.1) is 6.42 Å². The first-order valence-electron chi connectivity index (χ1n) is 12.5. The highest BCUT2D eigenvalue weighted by Gasteiger charge is 2.60. The fourth-order valence-corrected chi connectivity index (χ4v) is 6.47. The van der Waals surface area contributed by atoms with Crippen LogP contribution in [0.5, 0.6) is 11.8 Å². The molecule has 2 aliphatic rings. The molecule has 0 saturated carbocycles. The largest absolute Gasteiger partial charge is 0.508 e. The lowest BCUT2D eigenvalue weighted by Gasteiger charge is -2.39. The molecule has 2 aromatic heterocycles. The number of ether oxygens (including phenoxy) is 1. The molecule has 1 unspecified atom stereocenters. The molecule has 4 heterocycles. The Morgan fingerprint density at radius 3 is 2.87 bits per heavy atom. The van der Waals surface area contributed by atoms with Crippen LogP contribution in [0.15, 0.2) is 29.1 Å². The van der Waals surface area contributed by atoms with Crippen LogP contribution in [0.25, 0.3) is 32.9 Å². The number of nitrogen functional groups attached to an aromatic ring is 1. The van der Waals surface area contributed by atoms with Crippen LogP contribution in [-0.2, 0) is 0 Å². The van der Waals surface area contributed by atoms with Crippen LogP contribution in [-0.4, -0.2) is 63.0 Å². The Hall–Kier alpha value is -4.30. The van der Waals surface area contributed by atoms with E-state index in [1.807, 2.05) is 7.05 Å². The second-order valence-electron chi connectivity index (χ2n) is 10.6. The summed E-state index contributed by atoms with van der Waals surface area (Å²) in [6.45, 7) is 1.33. The number of aromatic nitrogens is 3. The number of pyridine rings is 1. The number of halogens is 3. The number of alkyl halides is 1. The average molecular weight is 537 g/mol. The topological polar surface area (TPSA) is 114 Å². The molecule has 6 rings (SSSR count). The van der Waals surface area contributed by atoms with Crippen LogP contribution < -0.4 is 16.0 Å². The van der Waals surface area contributed by atoms with Gasteiger partial charge in [0.2, 0.25) is 0 Å². The van der Waals surface area contributed by atoms with Gasteiger partial charge in [-0.25, -0.2) is 13.2 Å². The van der Waals surface area contributed by atoms with Crippen LogP contribution in [0.4, 0.5) is 19.0 Å². The molecule has 2 aromatic carbocycles. The molecule has 0 spiro atoms. The minimum Gasteiger partial charge on any atom is -0.508 e. The second kappa shape index (κ2) is 8.61. The molecule has 200 valence electrons. The van der Waals surface area contributed by atoms with Crippen molar-refractivity contribution in [2.24, 2.45) is 0 Å². The number of aromatic hydroxyl groups is 1. The van der Waals surface area contributed by atoms with Gasteiger partial charge in [0.1, 0.15) is 47.0 Å². The van der Waals surface area contributed by atoms with E-state index in [1.165, 1.54) is 18.2 Å². The Balaban J connectivity index is 1.49. The molecule has 4 N–H and O–H groups in total. The van der Waals surface area contributed by atoms with E-state index in [0.29, 0.717) is 22.8 Å². The van der Waals surface area contributed by atoms with E-state index < -0.39 is 34.4 Å². The molecule has 11 heteroatoms. The fraction of sp³-hybridized carbons (Fsp3) is 0.321. The molecular formula is C28H25F3N5O3+. The zero-order chi connectivity index (χ0) is 27.7. The van der Waals surface area contributed by atoms with Crippen LogP contribution in [0.2, 0.25) is 0 Å². The van der Waals surface area contributed by atoms with Crippen molar-refractivity contribution in [1.29, 1.82) is 0 Å². The van der Waals surface area contributed by atoms with Crippen molar-refractivity contribution >= 4 is 27.5 Å². The summed E-state index contributed by atoms with van der Waals surface area (Å²) >= 11 is 0. The lowest BCUT2D eigenvalue weighted by atomic mass is 9.94. The molecule has 0 amide bonds. The Bertz CT molecular complexity index is 1790. The fourth-order valence-electron chi connectivity index (χ4n) is 6.47. The van der Waals surface area contributed by atoms with E-state index in [0.717, 1.165) is 25.5 Å². The monoisotopic (exact) mass is 536 g/mol. The van der Waals surface area contributed by atoms with Crippen molar-refractivity contribution in [3.8, 4) is 35.4 Å². The Morgan fingerprint density at radius 1 is 1.31 bits per heavy atom. The average Bonchev–Trinajstić information content (AvgIpc) is 3.31. The number of aromatic amines is 1. The van der Waals surface area contributed by atoms with Crippen molar-refractivity contribution in [1.82, 2.24) is 15.0 Å². The molecule has 0 radical (unpaired) electrons. The number of likely N-dealkylation sites (N-methyl/N-ethyl adjacent to an activating group) is 1. The van der Waals surface area contributed by atoms with Gasteiger partial charge in [-0.3, -0.25) is 4.79 Å². The number of hydrogen-bond donors (Lipinski definition) is 3. The third kappa shape index (κ3) is 3.70. The number of anilines is 1. The number of nitrogens with zero attached hydrogens (tertiary/aromatic N) is 3. The van der Waals surface area contributed by atoms with E-state index in [-0.39, 0.29) is 51.8 Å². The lowest BCUT2D eigenvalue weighted by Crippen LogP contribution is -2.56. The van der Waals surface area contributed by atoms with Crippen molar-refractivity contribution in [3.05, 3.63) is 51.8 Å². The van der Waals surface area contributed by atoms with Gasteiger partial charge in [-0.2, -0.15) is 9.97 Å². The highest BCUT2D eigenvalue weighted by Crippen LogP contribution is 2.46. The van der Waals surface area contributed by atoms with Crippen molar-refractivity contribution in [3.63, 3.8) is 0 Å². The van der Waals surface area contributed by atoms with Crippen molar-refractivity contribution < 1.29 is 27.5 Å². The summed E-state index contributed by atoms with van der Waals surface area (Å²) in [6.07, 6.45) is 6.63. The third-order valence-electron chi connectivity index (χ3n) is 8.39. The first-order valence-corrected chi connectivity index (χ1v) is 12.5. The van der Waals surface area contributed by atoms with Crippen LogP contribution in [0, 0.1) is 24.0 Å². The molecule has 2 saturated heterocycles. The summed E-state index contributed by atoms with van der Waals surface area (Å²) in [5.74, 6) is -0.00323. The van der Waals surface area contributed by atoms with Gasteiger partial charge in [0.25, 0.3) is 5.56 Å². The second-order valence-corrected chi connectivity index (χ2v) is 10.6. The summed E-state index contributed by atoms with van der Waals surface area (Å²) in [7, 11) is 2.00. The number of phenolic OH excluding ortho intramolecular Hbond substituents is 1. The highest BCUT2D eigenvalue weighted by molar-refractivity contribution is 6.02. The van der Waals surface area contributed by atoms with Gasteiger partial charge in [-0.1, -0.05) is 12.0 Å². The van der Waals surface area contributed by atoms with E-state index in [9.17, 15) is 18.7 Å². The third-order valence-corrected chi connectivity index (χ3v) is 8.39. The van der Waals surface area contributed by atoms with Crippen molar-refractivity contribution in [2.45, 2.75) is 31.0 Å². The zero-order valence-electron chi connectivity index (χ0n) is 21.0. The van der Waals surface area contributed by atoms with Crippen LogP contribution in [0.3, 0.4) is 0 Å². The minimum atomic E-state index is -0.993. The summed E-state index contributed by atoms with van der Waals surface area (Å²) in [6, 6.07) is 4.80. The Labute approximate surface area is 220 Å². The van der Waals surface area contributed by atoms with E-state index in [2.05, 4.69) is 20.9 Å². The van der Waals surface area contributed by atoms with Gasteiger partial charge in [0, 0.05) is 30.2 Å². The predicted octanol–water partition coefficient (Wildman–Crippen LogP) is 3.79. The first-order chi connectivity index (χ1) is 18.6. The van der Waals surface area contributed by atoms with E-state index in [4.69, 9.17) is 16.9 Å². The van der Waals surface area contributed by atoms with Crippen LogP contribution in [0.1, 0.15) is 24.8 Å². The number of quaternary nitrogens is 1. The molecule has 8 nitrogen and oxygen atoms in total. The quantitative estimate of drug-likeness (QED) is 0.270. The van der Waals surface area contributed by atoms with E-state index in [1.54, 1.807) is 0 Å². The van der Waals surface area contributed by atoms with Gasteiger partial charge >= 0.3 is 6.01 Å². The standard InChI is InChI=1S/C28H24F3N5O3/c1-3-17-19(30)6-5-14-9-16(37)10-18(20(14)17)23-22(31)24-21(26(38)33-23)25(32)35-27(34-24)39-13-28-7-4-8-36(28,2)12-15(29)11-28/h1,5-6,9-10,15H,4,7-8,11-13H2,2H3,(H3-,32,33,34,35,37,38)/p+1/t15-,28+,36?/m1/s1. The maximum atomic E-state index is 16.1. The summed E-state index contributed by atoms with van der Waals surface area (Å²) in [4.78, 5) is 23.7. The van der Waals surface area contributed by atoms with Crippen LogP contribution >= 0.6 is 0 Å². The number of fused-ring (bicyclic) bond motifs is 3. The number of hydrogen-bond acceptors (Lipinski definition) is 6. The number of phenols is 1. The number of H-pyrrole nitrogens is 1. The molecule has 4 aromatic rings. The summed E-state index contributed by atoms with van der Waals surface area (Å²) in [5, 5.41) is 10.5. The lowest BCUT2D eigenvalue weighted by molar-refractivity contribution is -0.934. The van der Waals surface area contributed by atoms with Crippen molar-refractivity contribution in [2.75, 3.05) is 32.5 Å². The maximum Gasteiger partial charge on any atom is 0.319 e. The Kier molecular flexibility index (Phi) is 5.52. The number of rotatable bonds is 4. The van der Waals surface area contributed by atoms with Gasteiger partial charge < -0.3 is 25.0 Å². The normalized spacial score (nSPS) is 24.2. The zero-order valence-corrected chi connectivity index (χ0v) is 21.0. The number of terminal acetylenes is 1. The number of nitrogens with two attached hydrogens (primary N) is 1. The molecular weight excluding hydrogens is 511 g/mol. The van der Waals surface area contributed by atoms with E-state index >= 15 is 4.39 Å². The first kappa shape index (κ1) is 25.0. The highest BCUT2D eigenvalue weighted by atomic mass is 19.1. The molecule has 0 bridgehead atoms. The van der Waals surface area contributed by atoms with Gasteiger partial charge in [-0.05, 0) is 23.6 Å². The molecule has 2 fully saturated rings. The molecule has 0 aliphatic carbocycles. The summed E-state index contributed by atoms with van der Waals surface area (Å²) < 4.78 is 51.5. The van der Waals surface area contributed by atoms with Gasteiger partial charge in [0.05, 0.1) is 24.8 Å². The minimum absolute atomic E-state index is 0.0357.